The second-order valence-corrected chi connectivity index (χ2v) is 10.9. The molecule has 0 saturated carbocycles. The van der Waals surface area contributed by atoms with Gasteiger partial charge in [0.15, 0.2) is 0 Å². The van der Waals surface area contributed by atoms with Crippen molar-refractivity contribution < 1.29 is 35.9 Å². The van der Waals surface area contributed by atoms with E-state index in [1.54, 1.807) is 13.8 Å². The molecule has 0 amide bonds. The minimum atomic E-state index is -4.34. The molecular weight excluding hydrogens is 460 g/mol. The summed E-state index contributed by atoms with van der Waals surface area (Å²) in [7, 11) is -3.21. The van der Waals surface area contributed by atoms with Crippen molar-refractivity contribution in [1.82, 2.24) is 4.31 Å². The molecule has 32 heavy (non-hydrogen) atoms. The van der Waals surface area contributed by atoms with E-state index in [-0.39, 0.29) is 21.7 Å². The molecule has 2 rings (SSSR count). The van der Waals surface area contributed by atoms with Gasteiger partial charge in [-0.15, -0.1) is 0 Å². The third-order valence-corrected chi connectivity index (χ3v) is 7.86. The topological polar surface area (TPSA) is 136 Å². The van der Waals surface area contributed by atoms with E-state index < -0.39 is 36.9 Å². The Bertz CT molecular complexity index is 1250. The maximum Gasteiger partial charge on any atom is 0.337 e. The van der Waals surface area contributed by atoms with Crippen LogP contribution in [0.1, 0.15) is 31.8 Å². The summed E-state index contributed by atoms with van der Waals surface area (Å²) in [5.74, 6) is -1.70. The highest BCUT2D eigenvalue weighted by atomic mass is 32.2. The first kappa shape index (κ1) is 25.3. The predicted molar refractivity (Wildman–Crippen MR) is 117 cm³/mol. The van der Waals surface area contributed by atoms with Gasteiger partial charge in [0, 0.05) is 14.1 Å². The van der Waals surface area contributed by atoms with E-state index in [4.69, 9.17) is 0 Å². The maximum absolute atomic E-state index is 13.1. The molecule has 12 heteroatoms. The zero-order valence-corrected chi connectivity index (χ0v) is 20.0. The number of methoxy groups -OCH3 is 2. The first-order chi connectivity index (χ1) is 14.7. The van der Waals surface area contributed by atoms with Crippen molar-refractivity contribution >= 4 is 37.7 Å². The van der Waals surface area contributed by atoms with E-state index in [9.17, 15) is 26.4 Å². The summed E-state index contributed by atoms with van der Waals surface area (Å²) in [4.78, 5) is 23.4. The number of hydrogen-bond acceptors (Lipinski definition) is 8. The molecule has 0 aliphatic carbocycles. The minimum absolute atomic E-state index is 0.0357. The molecule has 2 aromatic rings. The molecule has 1 N–H and O–H groups in total. The number of esters is 2. The molecule has 0 unspecified atom stereocenters. The molecule has 0 aliphatic rings. The summed E-state index contributed by atoms with van der Waals surface area (Å²) in [6, 6.07) is 5.89. The monoisotopic (exact) mass is 484 g/mol. The van der Waals surface area contributed by atoms with E-state index in [1.807, 2.05) is 0 Å². The molecule has 0 aliphatic heterocycles. The number of hydrogen-bond donors (Lipinski definition) is 1. The van der Waals surface area contributed by atoms with Crippen LogP contribution >= 0.6 is 0 Å². The molecule has 0 bridgehead atoms. The number of carbonyl (C=O) groups is 2. The van der Waals surface area contributed by atoms with Crippen molar-refractivity contribution in [2.45, 2.75) is 23.6 Å². The number of benzene rings is 2. The molecule has 2 aromatic carbocycles. The van der Waals surface area contributed by atoms with Crippen LogP contribution in [-0.2, 0) is 29.5 Å². The number of carbonyl (C=O) groups excluding carboxylic acids is 2. The lowest BCUT2D eigenvalue weighted by Gasteiger charge is -2.17. The van der Waals surface area contributed by atoms with Gasteiger partial charge in [0.05, 0.1) is 40.8 Å². The van der Waals surface area contributed by atoms with Crippen molar-refractivity contribution in [3.05, 3.63) is 52.6 Å². The van der Waals surface area contributed by atoms with Crippen LogP contribution in [0, 0.1) is 13.8 Å². The molecule has 0 atom stereocenters. The quantitative estimate of drug-likeness (QED) is 0.589. The van der Waals surface area contributed by atoms with Gasteiger partial charge in [-0.3, -0.25) is 4.72 Å². The van der Waals surface area contributed by atoms with Crippen LogP contribution < -0.4 is 4.72 Å². The lowest BCUT2D eigenvalue weighted by Crippen LogP contribution is -2.23. The summed E-state index contributed by atoms with van der Waals surface area (Å²) in [6.45, 7) is 3.28. The van der Waals surface area contributed by atoms with E-state index in [2.05, 4.69) is 14.2 Å². The van der Waals surface area contributed by atoms with Gasteiger partial charge in [0.25, 0.3) is 10.0 Å². The zero-order chi connectivity index (χ0) is 24.4. The van der Waals surface area contributed by atoms with Crippen molar-refractivity contribution in [2.24, 2.45) is 0 Å². The molecule has 0 aromatic heterocycles. The Hall–Kier alpha value is -2.96. The van der Waals surface area contributed by atoms with E-state index >= 15 is 0 Å². The fourth-order valence-corrected chi connectivity index (χ4v) is 4.92. The van der Waals surface area contributed by atoms with E-state index in [0.29, 0.717) is 11.1 Å². The maximum atomic E-state index is 13.1. The third-order valence-electron chi connectivity index (χ3n) is 4.72. The number of ether oxygens (including phenoxy) is 2. The second-order valence-electron chi connectivity index (χ2n) is 7.03. The van der Waals surface area contributed by atoms with Crippen LogP contribution in [0.4, 0.5) is 5.69 Å². The average Bonchev–Trinajstić information content (AvgIpc) is 2.74. The van der Waals surface area contributed by atoms with Crippen LogP contribution in [0.3, 0.4) is 0 Å². The molecule has 0 fully saturated rings. The van der Waals surface area contributed by atoms with Crippen LogP contribution in [0.5, 0.6) is 0 Å². The van der Waals surface area contributed by atoms with Gasteiger partial charge >= 0.3 is 11.9 Å². The van der Waals surface area contributed by atoms with Gasteiger partial charge in [0.1, 0.15) is 0 Å². The lowest BCUT2D eigenvalue weighted by molar-refractivity contribution is 0.0598. The van der Waals surface area contributed by atoms with Gasteiger partial charge in [-0.2, -0.15) is 0 Å². The molecule has 0 saturated heterocycles. The van der Waals surface area contributed by atoms with Crippen molar-refractivity contribution in [3.63, 3.8) is 0 Å². The number of nitrogens with one attached hydrogen (secondary N) is 1. The van der Waals surface area contributed by atoms with Crippen molar-refractivity contribution in [1.29, 1.82) is 0 Å². The third kappa shape index (κ3) is 5.09. The number of nitrogens with zero attached hydrogens (tertiary/aromatic N) is 1. The Morgan fingerprint density at radius 3 is 1.75 bits per heavy atom. The molecule has 0 spiro atoms. The normalized spacial score (nSPS) is 11.8. The van der Waals surface area contributed by atoms with Gasteiger partial charge in [0.2, 0.25) is 10.0 Å². The Morgan fingerprint density at radius 1 is 0.812 bits per heavy atom. The van der Waals surface area contributed by atoms with E-state index in [0.717, 1.165) is 36.7 Å². The van der Waals surface area contributed by atoms with Crippen molar-refractivity contribution in [2.75, 3.05) is 33.0 Å². The average molecular weight is 485 g/mol. The lowest BCUT2D eigenvalue weighted by atomic mass is 10.1. The Labute approximate surface area is 187 Å². The highest BCUT2D eigenvalue weighted by Crippen LogP contribution is 2.28. The van der Waals surface area contributed by atoms with Crippen LogP contribution in [-0.4, -0.2) is 61.4 Å². The summed E-state index contributed by atoms with van der Waals surface area (Å²) in [6.07, 6.45) is 0. The minimum Gasteiger partial charge on any atom is -0.465 e. The molecule has 10 nitrogen and oxygen atoms in total. The van der Waals surface area contributed by atoms with E-state index in [1.165, 1.54) is 26.2 Å². The summed E-state index contributed by atoms with van der Waals surface area (Å²) < 4.78 is 63.9. The highest BCUT2D eigenvalue weighted by Gasteiger charge is 2.24. The fraction of sp³-hybridized carbons (Fsp3) is 0.300. The zero-order valence-electron chi connectivity index (χ0n) is 18.4. The number of sulfonamides is 2. The number of aryl methyl sites for hydroxylation is 1. The largest absolute Gasteiger partial charge is 0.465 e. The molecule has 174 valence electrons. The SMILES string of the molecule is COC(=O)c1cc(C(=O)OC)cc(S(=O)(=O)Nc2cc(S(=O)(=O)N(C)C)cc(C)c2C)c1. The van der Waals surface area contributed by atoms with Gasteiger partial charge in [-0.1, -0.05) is 0 Å². The summed E-state index contributed by atoms with van der Waals surface area (Å²) in [5, 5.41) is 0. The number of rotatable bonds is 7. The van der Waals surface area contributed by atoms with Gasteiger partial charge < -0.3 is 9.47 Å². The first-order valence-electron chi connectivity index (χ1n) is 9.13. The standard InChI is InChI=1S/C20H24N2O8S2/c1-12-7-17(32(27,28)22(3)4)11-18(13(12)2)21-31(25,26)16-9-14(19(23)29-5)8-15(10-16)20(24)30-6/h7-11,21H,1-6H3. The highest BCUT2D eigenvalue weighted by molar-refractivity contribution is 7.92. The Balaban J connectivity index is 2.65. The molecule has 0 heterocycles. The van der Waals surface area contributed by atoms with Crippen molar-refractivity contribution in [3.8, 4) is 0 Å². The summed E-state index contributed by atoms with van der Waals surface area (Å²) >= 11 is 0. The number of anilines is 1. The molecule has 0 radical (unpaired) electrons. The Morgan fingerprint density at radius 2 is 1.31 bits per heavy atom. The summed E-state index contributed by atoms with van der Waals surface area (Å²) in [5.41, 5.74) is 0.738. The Kier molecular flexibility index (Phi) is 7.33. The first-order valence-corrected chi connectivity index (χ1v) is 12.0. The van der Waals surface area contributed by atoms with Gasteiger partial charge in [-0.25, -0.2) is 30.7 Å². The smallest absolute Gasteiger partial charge is 0.337 e. The van der Waals surface area contributed by atoms with Crippen LogP contribution in [0.2, 0.25) is 0 Å². The fourth-order valence-electron chi connectivity index (χ4n) is 2.72. The van der Waals surface area contributed by atoms with Crippen LogP contribution in [0.25, 0.3) is 0 Å². The molecular formula is C20H24N2O8S2. The van der Waals surface area contributed by atoms with Crippen LogP contribution in [0.15, 0.2) is 40.1 Å². The predicted octanol–water partition coefficient (Wildman–Crippen LogP) is 1.93. The second kappa shape index (κ2) is 9.27. The van der Waals surface area contributed by atoms with Gasteiger partial charge in [-0.05, 0) is 55.3 Å².